The lowest BCUT2D eigenvalue weighted by molar-refractivity contribution is 0.458. The molecular weight excluding hydrogens is 357 g/mol. The molecule has 0 spiro atoms. The first-order valence-corrected chi connectivity index (χ1v) is 8.92. The molecule has 5 nitrogen and oxygen atoms in total. The molecule has 0 aliphatic heterocycles. The molecule has 0 fully saturated rings. The minimum absolute atomic E-state index is 0.0884. The van der Waals surface area contributed by atoms with Crippen LogP contribution >= 0.6 is 23.2 Å². The maximum absolute atomic E-state index is 12.6. The third-order valence-electron chi connectivity index (χ3n) is 3.41. The summed E-state index contributed by atoms with van der Waals surface area (Å²) < 4.78 is 26.4. The molecule has 23 heavy (non-hydrogen) atoms. The number of fused-ring (bicyclic) bond motifs is 1. The van der Waals surface area contributed by atoms with E-state index in [9.17, 15) is 8.42 Å². The number of benzene rings is 2. The van der Waals surface area contributed by atoms with Crippen LogP contribution in [0, 0.1) is 0 Å². The van der Waals surface area contributed by atoms with Gasteiger partial charge in [0.1, 0.15) is 5.82 Å². The first-order chi connectivity index (χ1) is 10.9. The number of hydrogen-bond donors (Lipinski definition) is 1. The Morgan fingerprint density at radius 1 is 1.13 bits per heavy atom. The molecule has 1 heterocycles. The smallest absolute Gasteiger partial charge is 0.243 e. The van der Waals surface area contributed by atoms with E-state index >= 15 is 0 Å². The molecule has 0 saturated heterocycles. The standard InChI is InChI=1S/C15H13Cl2N3O2S/c1-20(9-15-18-13-4-2-3-5-14(13)19-15)23(21,22)10-6-7-11(16)12(17)8-10/h2-8H,9H2,1H3,(H,18,19). The van der Waals surface area contributed by atoms with Crippen LogP contribution in [-0.4, -0.2) is 29.7 Å². The molecular formula is C15H13Cl2N3O2S. The van der Waals surface area contributed by atoms with Crippen LogP contribution in [0.25, 0.3) is 11.0 Å². The number of nitrogens with one attached hydrogen (secondary N) is 1. The van der Waals surface area contributed by atoms with E-state index in [2.05, 4.69) is 9.97 Å². The van der Waals surface area contributed by atoms with Crippen molar-refractivity contribution in [2.75, 3.05) is 7.05 Å². The number of halogens is 2. The lowest BCUT2D eigenvalue weighted by atomic mass is 10.3. The number of aromatic amines is 1. The maximum atomic E-state index is 12.6. The molecule has 2 aromatic carbocycles. The van der Waals surface area contributed by atoms with Crippen LogP contribution in [0.2, 0.25) is 10.0 Å². The predicted octanol–water partition coefficient (Wildman–Crippen LogP) is 3.69. The van der Waals surface area contributed by atoms with Gasteiger partial charge in [0.05, 0.1) is 32.5 Å². The largest absolute Gasteiger partial charge is 0.341 e. The fraction of sp³-hybridized carbons (Fsp3) is 0.133. The molecule has 0 aliphatic carbocycles. The molecule has 0 amide bonds. The topological polar surface area (TPSA) is 66.1 Å². The molecule has 1 aromatic heterocycles. The monoisotopic (exact) mass is 369 g/mol. The molecule has 0 radical (unpaired) electrons. The Hall–Kier alpha value is -1.60. The first-order valence-electron chi connectivity index (χ1n) is 6.73. The number of nitrogens with zero attached hydrogens (tertiary/aromatic N) is 2. The SMILES string of the molecule is CN(Cc1nc2ccccc2[nH]1)S(=O)(=O)c1ccc(Cl)c(Cl)c1. The highest BCUT2D eigenvalue weighted by Crippen LogP contribution is 2.26. The second-order valence-corrected chi connectivity index (χ2v) is 7.90. The number of aromatic nitrogens is 2. The van der Waals surface area contributed by atoms with Crippen molar-refractivity contribution in [1.29, 1.82) is 0 Å². The highest BCUT2D eigenvalue weighted by Gasteiger charge is 2.22. The molecule has 8 heteroatoms. The fourth-order valence-corrected chi connectivity index (χ4v) is 3.72. The summed E-state index contributed by atoms with van der Waals surface area (Å²) in [7, 11) is -2.19. The molecule has 0 saturated carbocycles. The van der Waals surface area contributed by atoms with Crippen molar-refractivity contribution < 1.29 is 8.42 Å². The Labute approximate surface area is 143 Å². The van der Waals surface area contributed by atoms with Gasteiger partial charge in [-0.2, -0.15) is 4.31 Å². The van der Waals surface area contributed by atoms with Crippen LogP contribution < -0.4 is 0 Å². The fourth-order valence-electron chi connectivity index (χ4n) is 2.19. The molecule has 0 atom stereocenters. The van der Waals surface area contributed by atoms with Crippen molar-refractivity contribution in [2.24, 2.45) is 0 Å². The van der Waals surface area contributed by atoms with Gasteiger partial charge in [0.25, 0.3) is 0 Å². The number of imidazole rings is 1. The van der Waals surface area contributed by atoms with E-state index < -0.39 is 10.0 Å². The van der Waals surface area contributed by atoms with E-state index in [0.717, 1.165) is 11.0 Å². The average Bonchev–Trinajstić information content (AvgIpc) is 2.92. The average molecular weight is 370 g/mol. The van der Waals surface area contributed by atoms with E-state index in [1.807, 2.05) is 24.3 Å². The number of para-hydroxylation sites is 2. The van der Waals surface area contributed by atoms with Gasteiger partial charge < -0.3 is 4.98 Å². The molecule has 0 bridgehead atoms. The van der Waals surface area contributed by atoms with Gasteiger partial charge >= 0.3 is 0 Å². The van der Waals surface area contributed by atoms with Crippen LogP contribution in [0.4, 0.5) is 0 Å². The lowest BCUT2D eigenvalue weighted by Crippen LogP contribution is -2.27. The minimum Gasteiger partial charge on any atom is -0.341 e. The first kappa shape index (κ1) is 16.3. The lowest BCUT2D eigenvalue weighted by Gasteiger charge is -2.16. The van der Waals surface area contributed by atoms with Gasteiger partial charge in [0, 0.05) is 7.05 Å². The Kier molecular flexibility index (Phi) is 4.33. The third kappa shape index (κ3) is 3.21. The Balaban J connectivity index is 1.88. The maximum Gasteiger partial charge on any atom is 0.243 e. The van der Waals surface area contributed by atoms with Crippen molar-refractivity contribution >= 4 is 44.3 Å². The predicted molar refractivity (Wildman–Crippen MR) is 91.2 cm³/mol. The van der Waals surface area contributed by atoms with Crippen LogP contribution in [0.15, 0.2) is 47.4 Å². The summed E-state index contributed by atoms with van der Waals surface area (Å²) in [5.41, 5.74) is 1.66. The summed E-state index contributed by atoms with van der Waals surface area (Å²) in [6.07, 6.45) is 0. The number of rotatable bonds is 4. The number of sulfonamides is 1. The normalized spacial score (nSPS) is 12.2. The summed E-state index contributed by atoms with van der Waals surface area (Å²) >= 11 is 11.7. The van der Waals surface area contributed by atoms with Gasteiger partial charge in [-0.3, -0.25) is 0 Å². The number of hydrogen-bond acceptors (Lipinski definition) is 3. The minimum atomic E-state index is -3.68. The Morgan fingerprint density at radius 2 is 1.87 bits per heavy atom. The van der Waals surface area contributed by atoms with Crippen molar-refractivity contribution in [3.05, 3.63) is 58.3 Å². The summed E-state index contributed by atoms with van der Waals surface area (Å²) in [6, 6.07) is 11.8. The second kappa shape index (κ2) is 6.13. The van der Waals surface area contributed by atoms with Gasteiger partial charge in [-0.05, 0) is 30.3 Å². The van der Waals surface area contributed by atoms with E-state index in [1.165, 1.54) is 29.6 Å². The molecule has 1 N–H and O–H groups in total. The summed E-state index contributed by atoms with van der Waals surface area (Å²) in [5.74, 6) is 0.567. The van der Waals surface area contributed by atoms with E-state index in [-0.39, 0.29) is 16.5 Å². The van der Waals surface area contributed by atoms with Crippen LogP contribution in [0.5, 0.6) is 0 Å². The van der Waals surface area contributed by atoms with Crippen LogP contribution in [0.1, 0.15) is 5.82 Å². The Bertz CT molecular complexity index is 937. The molecule has 0 aliphatic rings. The second-order valence-electron chi connectivity index (χ2n) is 5.04. The van der Waals surface area contributed by atoms with Crippen molar-refractivity contribution in [2.45, 2.75) is 11.4 Å². The van der Waals surface area contributed by atoms with Crippen molar-refractivity contribution in [1.82, 2.24) is 14.3 Å². The van der Waals surface area contributed by atoms with Gasteiger partial charge in [-0.15, -0.1) is 0 Å². The van der Waals surface area contributed by atoms with Gasteiger partial charge in [0.15, 0.2) is 0 Å². The van der Waals surface area contributed by atoms with Crippen LogP contribution in [0.3, 0.4) is 0 Å². The zero-order valence-corrected chi connectivity index (χ0v) is 14.5. The van der Waals surface area contributed by atoms with Gasteiger partial charge in [-0.1, -0.05) is 35.3 Å². The molecule has 0 unspecified atom stereocenters. The van der Waals surface area contributed by atoms with Crippen molar-refractivity contribution in [3.8, 4) is 0 Å². The number of H-pyrrole nitrogens is 1. The third-order valence-corrected chi connectivity index (χ3v) is 5.95. The van der Waals surface area contributed by atoms with E-state index in [4.69, 9.17) is 23.2 Å². The zero-order chi connectivity index (χ0) is 16.6. The zero-order valence-electron chi connectivity index (χ0n) is 12.1. The van der Waals surface area contributed by atoms with E-state index in [1.54, 1.807) is 0 Å². The van der Waals surface area contributed by atoms with Gasteiger partial charge in [0.2, 0.25) is 10.0 Å². The summed E-state index contributed by atoms with van der Waals surface area (Å²) in [5, 5.41) is 0.510. The molecule has 120 valence electrons. The van der Waals surface area contributed by atoms with Crippen LogP contribution in [-0.2, 0) is 16.6 Å². The quantitative estimate of drug-likeness (QED) is 0.762. The van der Waals surface area contributed by atoms with Crippen molar-refractivity contribution in [3.63, 3.8) is 0 Å². The molecule has 3 aromatic rings. The summed E-state index contributed by atoms with van der Waals surface area (Å²) in [4.78, 5) is 7.58. The van der Waals surface area contributed by atoms with Gasteiger partial charge in [-0.25, -0.2) is 13.4 Å². The molecule has 3 rings (SSSR count). The van der Waals surface area contributed by atoms with E-state index in [0.29, 0.717) is 10.8 Å². The highest BCUT2D eigenvalue weighted by atomic mass is 35.5. The highest BCUT2D eigenvalue weighted by molar-refractivity contribution is 7.89. The summed E-state index contributed by atoms with van der Waals surface area (Å²) in [6.45, 7) is 0.122. The Morgan fingerprint density at radius 3 is 2.57 bits per heavy atom.